The zero-order valence-corrected chi connectivity index (χ0v) is 25.7. The van der Waals surface area contributed by atoms with E-state index in [0.29, 0.717) is 43.0 Å². The Balaban J connectivity index is 1.43. The van der Waals surface area contributed by atoms with Gasteiger partial charge in [-0.15, -0.1) is 0 Å². The molecule has 0 radical (unpaired) electrons. The van der Waals surface area contributed by atoms with Gasteiger partial charge in [-0.3, -0.25) is 9.69 Å². The van der Waals surface area contributed by atoms with Crippen molar-refractivity contribution < 1.29 is 39.9 Å². The molecule has 1 heterocycles. The van der Waals surface area contributed by atoms with Crippen LogP contribution in [0.25, 0.3) is 0 Å². The second kappa shape index (κ2) is 15.0. The molecule has 0 aliphatic carbocycles. The maximum absolute atomic E-state index is 13.1. The molecular formula is C32H33F5N4O4S. The molecule has 2 atom stereocenters. The van der Waals surface area contributed by atoms with Gasteiger partial charge >= 0.3 is 12.8 Å². The number of nitriles is 1. The van der Waals surface area contributed by atoms with Crippen LogP contribution in [0.15, 0.2) is 77.7 Å². The average Bonchev–Trinajstić information content (AvgIpc) is 3.03. The van der Waals surface area contributed by atoms with Crippen molar-refractivity contribution in [2.45, 2.75) is 49.7 Å². The van der Waals surface area contributed by atoms with Crippen LogP contribution in [0.4, 0.5) is 27.6 Å². The number of nitrogens with zero attached hydrogens (tertiary/aromatic N) is 3. The molecule has 1 amide bonds. The highest BCUT2D eigenvalue weighted by Gasteiger charge is 2.31. The molecule has 46 heavy (non-hydrogen) atoms. The number of nitrogens with one attached hydrogen (secondary N) is 1. The fourth-order valence-electron chi connectivity index (χ4n) is 5.25. The summed E-state index contributed by atoms with van der Waals surface area (Å²) in [7, 11) is -3.41. The number of sulfone groups is 1. The van der Waals surface area contributed by atoms with Gasteiger partial charge in [-0.1, -0.05) is 31.2 Å². The van der Waals surface area contributed by atoms with Crippen LogP contribution in [0, 0.1) is 11.3 Å². The SMILES string of the molecule is CCS(=O)(=O)c1ccc([C@H](CC#N)NC(=O)c2ccc(N3CCN(Cc4ccc(C(F)(F)F)cc4)C[C@H]3COC(F)F)cc2)cc1. The zero-order chi connectivity index (χ0) is 33.5. The normalized spacial score (nSPS) is 16.7. The number of hydrogen-bond donors (Lipinski definition) is 1. The molecule has 0 bridgehead atoms. The summed E-state index contributed by atoms with van der Waals surface area (Å²) in [6.07, 6.45) is -4.49. The lowest BCUT2D eigenvalue weighted by Crippen LogP contribution is -2.55. The zero-order valence-electron chi connectivity index (χ0n) is 24.9. The summed E-state index contributed by atoms with van der Waals surface area (Å²) in [5, 5.41) is 12.1. The number of alkyl halides is 5. The number of amides is 1. The van der Waals surface area contributed by atoms with Gasteiger partial charge < -0.3 is 15.0 Å². The van der Waals surface area contributed by atoms with Crippen LogP contribution in [0.2, 0.25) is 0 Å². The van der Waals surface area contributed by atoms with Gasteiger partial charge in [-0.2, -0.15) is 27.2 Å². The smallest absolute Gasteiger partial charge is 0.364 e. The molecule has 0 unspecified atom stereocenters. The van der Waals surface area contributed by atoms with Crippen molar-refractivity contribution in [2.24, 2.45) is 0 Å². The number of carbonyl (C=O) groups excluding carboxylic acids is 1. The van der Waals surface area contributed by atoms with Crippen LogP contribution in [-0.2, 0) is 27.3 Å². The quantitative estimate of drug-likeness (QED) is 0.244. The maximum Gasteiger partial charge on any atom is 0.416 e. The summed E-state index contributed by atoms with van der Waals surface area (Å²) in [6, 6.07) is 18.2. The molecule has 4 rings (SSSR count). The van der Waals surface area contributed by atoms with Crippen molar-refractivity contribution >= 4 is 21.4 Å². The lowest BCUT2D eigenvalue weighted by atomic mass is 10.0. The fraction of sp³-hybridized carbons (Fsp3) is 0.375. The van der Waals surface area contributed by atoms with Gasteiger partial charge in [0.05, 0.1) is 47.4 Å². The van der Waals surface area contributed by atoms with Crippen molar-refractivity contribution in [3.63, 3.8) is 0 Å². The number of halogens is 5. The molecule has 1 N–H and O–H groups in total. The van der Waals surface area contributed by atoms with Crippen molar-refractivity contribution in [3.8, 4) is 6.07 Å². The third kappa shape index (κ3) is 9.02. The second-order valence-electron chi connectivity index (χ2n) is 10.8. The van der Waals surface area contributed by atoms with Gasteiger partial charge in [-0.25, -0.2) is 8.42 Å². The first kappa shape index (κ1) is 34.8. The van der Waals surface area contributed by atoms with Crippen molar-refractivity contribution in [3.05, 3.63) is 95.1 Å². The predicted octanol–water partition coefficient (Wildman–Crippen LogP) is 5.81. The van der Waals surface area contributed by atoms with Crippen LogP contribution < -0.4 is 10.2 Å². The fourth-order valence-corrected chi connectivity index (χ4v) is 6.13. The number of anilines is 1. The number of ether oxygens (including phenoxy) is 1. The Labute approximate surface area is 264 Å². The highest BCUT2D eigenvalue weighted by Crippen LogP contribution is 2.30. The molecule has 0 saturated carbocycles. The van der Waals surface area contributed by atoms with Gasteiger partial charge in [-0.05, 0) is 59.7 Å². The van der Waals surface area contributed by atoms with Crippen LogP contribution >= 0.6 is 0 Å². The van der Waals surface area contributed by atoms with E-state index in [9.17, 15) is 40.4 Å². The molecular weight excluding hydrogens is 631 g/mol. The Bertz CT molecular complexity index is 1610. The minimum Gasteiger partial charge on any atom is -0.364 e. The molecule has 1 aliphatic rings. The lowest BCUT2D eigenvalue weighted by molar-refractivity contribution is -0.137. The number of hydrogen-bond acceptors (Lipinski definition) is 7. The van der Waals surface area contributed by atoms with E-state index in [1.54, 1.807) is 36.4 Å². The van der Waals surface area contributed by atoms with E-state index in [4.69, 9.17) is 0 Å². The molecule has 1 fully saturated rings. The molecule has 1 aliphatic heterocycles. The Morgan fingerprint density at radius 2 is 1.67 bits per heavy atom. The van der Waals surface area contributed by atoms with Gasteiger partial charge in [0.25, 0.3) is 5.91 Å². The summed E-state index contributed by atoms with van der Waals surface area (Å²) in [4.78, 5) is 17.1. The maximum atomic E-state index is 13.1. The van der Waals surface area contributed by atoms with Gasteiger partial charge in [0.2, 0.25) is 0 Å². The van der Waals surface area contributed by atoms with Crippen molar-refractivity contribution in [1.82, 2.24) is 10.2 Å². The van der Waals surface area contributed by atoms with E-state index in [1.807, 2.05) is 15.9 Å². The topological polar surface area (TPSA) is 103 Å². The highest BCUT2D eigenvalue weighted by molar-refractivity contribution is 7.91. The first-order valence-corrected chi connectivity index (χ1v) is 16.1. The third-order valence-corrected chi connectivity index (χ3v) is 9.50. The second-order valence-corrected chi connectivity index (χ2v) is 13.1. The summed E-state index contributed by atoms with van der Waals surface area (Å²) < 4.78 is 93.6. The number of benzene rings is 3. The Morgan fingerprint density at radius 1 is 1.02 bits per heavy atom. The summed E-state index contributed by atoms with van der Waals surface area (Å²) in [5.41, 5.74) is 1.42. The van der Waals surface area contributed by atoms with Crippen LogP contribution in [0.5, 0.6) is 0 Å². The first-order chi connectivity index (χ1) is 21.8. The minimum absolute atomic E-state index is 0.0493. The molecule has 3 aromatic rings. The van der Waals surface area contributed by atoms with E-state index in [0.717, 1.165) is 12.1 Å². The van der Waals surface area contributed by atoms with Gasteiger partial charge in [0.1, 0.15) is 0 Å². The monoisotopic (exact) mass is 664 g/mol. The van der Waals surface area contributed by atoms with E-state index >= 15 is 0 Å². The predicted molar refractivity (Wildman–Crippen MR) is 161 cm³/mol. The summed E-state index contributed by atoms with van der Waals surface area (Å²) >= 11 is 0. The van der Waals surface area contributed by atoms with Crippen LogP contribution in [-0.4, -0.2) is 63.9 Å². The number of carbonyl (C=O) groups is 1. The largest absolute Gasteiger partial charge is 0.416 e. The minimum atomic E-state index is -4.44. The van der Waals surface area contributed by atoms with Crippen LogP contribution in [0.1, 0.15) is 46.4 Å². The highest BCUT2D eigenvalue weighted by atomic mass is 32.2. The van der Waals surface area contributed by atoms with E-state index in [1.165, 1.54) is 31.2 Å². The summed E-state index contributed by atoms with van der Waals surface area (Å²) in [5.74, 6) is -0.518. The molecule has 0 spiro atoms. The summed E-state index contributed by atoms with van der Waals surface area (Å²) in [6.45, 7) is -0.178. The van der Waals surface area contributed by atoms with Gasteiger partial charge in [0, 0.05) is 37.4 Å². The Hall–Kier alpha value is -4.06. The average molecular weight is 665 g/mol. The van der Waals surface area contributed by atoms with E-state index in [-0.39, 0.29) is 29.2 Å². The van der Waals surface area contributed by atoms with E-state index in [2.05, 4.69) is 10.1 Å². The van der Waals surface area contributed by atoms with Crippen LogP contribution in [0.3, 0.4) is 0 Å². The molecule has 246 valence electrons. The molecule has 8 nitrogen and oxygen atoms in total. The van der Waals surface area contributed by atoms with Gasteiger partial charge in [0.15, 0.2) is 9.84 Å². The van der Waals surface area contributed by atoms with Crippen molar-refractivity contribution in [2.75, 3.05) is 36.9 Å². The first-order valence-electron chi connectivity index (χ1n) is 14.5. The standard InChI is InChI=1S/C32H33F5N4O4S/c1-2-46(43,44)28-13-7-23(8-14-28)29(15-16-38)39-30(42)24-5-11-26(12-6-24)41-18-17-40(20-27(41)21-45-31(33)34)19-22-3-9-25(10-4-22)32(35,36)37/h3-14,27,29,31H,2,15,17-21H2,1H3,(H,39,42)/t27-,29-/m0/s1. The van der Waals surface area contributed by atoms with E-state index < -0.39 is 46.2 Å². The molecule has 14 heteroatoms. The number of piperazine rings is 1. The lowest BCUT2D eigenvalue weighted by Gasteiger charge is -2.42. The third-order valence-electron chi connectivity index (χ3n) is 7.75. The molecule has 0 aromatic heterocycles. The Kier molecular flexibility index (Phi) is 11.4. The molecule has 3 aromatic carbocycles. The Morgan fingerprint density at radius 3 is 2.24 bits per heavy atom. The molecule has 1 saturated heterocycles. The number of rotatable bonds is 12. The van der Waals surface area contributed by atoms with Crippen molar-refractivity contribution in [1.29, 1.82) is 5.26 Å².